The second kappa shape index (κ2) is 14.9. The predicted molar refractivity (Wildman–Crippen MR) is 192 cm³/mol. The van der Waals surface area contributed by atoms with E-state index in [9.17, 15) is 19.5 Å². The third-order valence-corrected chi connectivity index (χ3v) is 9.18. The zero-order valence-electron chi connectivity index (χ0n) is 27.3. The molecule has 0 saturated carbocycles. The number of hydrogen-bond donors (Lipinski definition) is 2. The number of allylic oxidation sites excluding steroid dienone is 1. The number of amides is 1. The minimum absolute atomic E-state index is 0.0558. The highest BCUT2D eigenvalue weighted by molar-refractivity contribution is 7.07. The lowest BCUT2D eigenvalue weighted by Gasteiger charge is -2.25. The number of aromatic carboxylic acids is 1. The highest BCUT2D eigenvalue weighted by Crippen LogP contribution is 2.37. The first-order valence-corrected chi connectivity index (χ1v) is 16.8. The first-order valence-electron chi connectivity index (χ1n) is 15.6. The molecule has 2 N–H and O–H groups in total. The molecule has 1 aromatic heterocycles. The molecule has 1 atom stereocenters. The number of carboxylic acids is 1. The summed E-state index contributed by atoms with van der Waals surface area (Å²) in [5, 5.41) is 12.5. The molecule has 1 aliphatic heterocycles. The summed E-state index contributed by atoms with van der Waals surface area (Å²) in [6.07, 6.45) is 1.69. The summed E-state index contributed by atoms with van der Waals surface area (Å²) >= 11 is 7.86. The number of benzene rings is 4. The Labute approximate surface area is 296 Å². The van der Waals surface area contributed by atoms with Crippen LogP contribution in [0.3, 0.4) is 0 Å². The highest BCUT2D eigenvalue weighted by Gasteiger charge is 2.32. The van der Waals surface area contributed by atoms with E-state index in [2.05, 4.69) is 5.32 Å². The lowest BCUT2D eigenvalue weighted by molar-refractivity contribution is -0.113. The van der Waals surface area contributed by atoms with Gasteiger partial charge in [0, 0.05) is 5.69 Å². The minimum Gasteiger partial charge on any atom is -0.494 e. The van der Waals surface area contributed by atoms with Crippen LogP contribution in [0.1, 0.15) is 46.9 Å². The van der Waals surface area contributed by atoms with Gasteiger partial charge in [-0.1, -0.05) is 65.4 Å². The van der Waals surface area contributed by atoms with E-state index in [1.54, 1.807) is 54.0 Å². The first kappa shape index (κ1) is 34.2. The molecule has 0 aliphatic carbocycles. The van der Waals surface area contributed by atoms with Gasteiger partial charge in [0.15, 0.2) is 16.3 Å². The average molecular weight is 710 g/mol. The van der Waals surface area contributed by atoms with Crippen LogP contribution in [-0.4, -0.2) is 35.3 Å². The fraction of sp³-hybridized carbons (Fsp3) is 0.158. The van der Waals surface area contributed by atoms with Gasteiger partial charge in [-0.15, -0.1) is 0 Å². The molecule has 12 heteroatoms. The maximum atomic E-state index is 14.2. The van der Waals surface area contributed by atoms with Crippen molar-refractivity contribution in [2.24, 2.45) is 4.99 Å². The van der Waals surface area contributed by atoms with E-state index < -0.39 is 12.0 Å². The number of thiazole rings is 1. The van der Waals surface area contributed by atoms with Crippen LogP contribution < -0.4 is 34.4 Å². The predicted octanol–water partition coefficient (Wildman–Crippen LogP) is 6.21. The van der Waals surface area contributed by atoms with Crippen LogP contribution in [-0.2, 0) is 11.4 Å². The number of carbonyl (C=O) groups excluding carboxylic acids is 1. The summed E-state index contributed by atoms with van der Waals surface area (Å²) in [4.78, 5) is 44.6. The zero-order valence-corrected chi connectivity index (χ0v) is 28.9. The lowest BCUT2D eigenvalue weighted by Crippen LogP contribution is -2.40. The fourth-order valence-electron chi connectivity index (χ4n) is 5.62. The largest absolute Gasteiger partial charge is 0.494 e. The Morgan fingerprint density at radius 3 is 2.48 bits per heavy atom. The van der Waals surface area contributed by atoms with Crippen molar-refractivity contribution in [2.45, 2.75) is 26.5 Å². The van der Waals surface area contributed by atoms with Gasteiger partial charge in [0.25, 0.3) is 11.5 Å². The molecule has 254 valence electrons. The number of ether oxygens (including phenoxy) is 3. The first-order chi connectivity index (χ1) is 24.2. The molecule has 1 aliphatic rings. The van der Waals surface area contributed by atoms with Crippen molar-refractivity contribution in [1.29, 1.82) is 0 Å². The van der Waals surface area contributed by atoms with Crippen LogP contribution in [0, 0.1) is 0 Å². The maximum Gasteiger partial charge on any atom is 0.335 e. The van der Waals surface area contributed by atoms with Gasteiger partial charge >= 0.3 is 5.97 Å². The number of halogens is 1. The van der Waals surface area contributed by atoms with Crippen LogP contribution in [0.15, 0.2) is 112 Å². The van der Waals surface area contributed by atoms with Crippen molar-refractivity contribution in [3.63, 3.8) is 0 Å². The van der Waals surface area contributed by atoms with Crippen LogP contribution >= 0.6 is 22.9 Å². The Kier molecular flexibility index (Phi) is 10.2. The van der Waals surface area contributed by atoms with E-state index in [0.717, 1.165) is 0 Å². The van der Waals surface area contributed by atoms with E-state index in [0.29, 0.717) is 61.1 Å². The van der Waals surface area contributed by atoms with E-state index in [4.69, 9.17) is 30.8 Å². The Bertz CT molecular complexity index is 2300. The maximum absolute atomic E-state index is 14.2. The summed E-state index contributed by atoms with van der Waals surface area (Å²) in [5.74, 6) is -0.133. The van der Waals surface area contributed by atoms with E-state index in [1.807, 2.05) is 49.4 Å². The average Bonchev–Trinajstić information content (AvgIpc) is 3.41. The van der Waals surface area contributed by atoms with Crippen molar-refractivity contribution < 1.29 is 28.9 Å². The second-order valence-corrected chi connectivity index (χ2v) is 12.6. The molecule has 1 amide bonds. The normalized spacial score (nSPS) is 14.1. The monoisotopic (exact) mass is 709 g/mol. The van der Waals surface area contributed by atoms with Gasteiger partial charge in [0.05, 0.1) is 46.1 Å². The number of fused-ring (bicyclic) bond motifs is 1. The van der Waals surface area contributed by atoms with Crippen molar-refractivity contribution in [1.82, 2.24) is 4.57 Å². The van der Waals surface area contributed by atoms with Gasteiger partial charge < -0.3 is 24.6 Å². The van der Waals surface area contributed by atoms with Crippen LogP contribution in [0.2, 0.25) is 5.02 Å². The molecule has 5 aromatic rings. The molecule has 50 heavy (non-hydrogen) atoms. The number of methoxy groups -OCH3 is 1. The van der Waals surface area contributed by atoms with Gasteiger partial charge in [0.2, 0.25) is 0 Å². The highest BCUT2D eigenvalue weighted by atomic mass is 35.5. The van der Waals surface area contributed by atoms with Crippen LogP contribution in [0.4, 0.5) is 5.69 Å². The van der Waals surface area contributed by atoms with Gasteiger partial charge in [-0.3, -0.25) is 14.2 Å². The van der Waals surface area contributed by atoms with Gasteiger partial charge in [-0.2, -0.15) is 0 Å². The Morgan fingerprint density at radius 1 is 1.02 bits per heavy atom. The topological polar surface area (TPSA) is 128 Å². The molecule has 0 saturated heterocycles. The Morgan fingerprint density at radius 2 is 1.78 bits per heavy atom. The van der Waals surface area contributed by atoms with Gasteiger partial charge in [-0.05, 0) is 85.1 Å². The van der Waals surface area contributed by atoms with Crippen molar-refractivity contribution in [3.05, 3.63) is 149 Å². The summed E-state index contributed by atoms with van der Waals surface area (Å²) in [5.41, 5.74) is 3.20. The quantitative estimate of drug-likeness (QED) is 0.167. The molecule has 10 nitrogen and oxygen atoms in total. The number of carbonyl (C=O) groups is 2. The smallest absolute Gasteiger partial charge is 0.335 e. The molecule has 6 rings (SSSR count). The third-order valence-electron chi connectivity index (χ3n) is 7.91. The molecule has 0 radical (unpaired) electrons. The number of hydrogen-bond acceptors (Lipinski definition) is 8. The summed E-state index contributed by atoms with van der Waals surface area (Å²) in [6.45, 7) is 4.22. The van der Waals surface area contributed by atoms with Crippen LogP contribution in [0.25, 0.3) is 6.08 Å². The number of aromatic nitrogens is 1. The van der Waals surface area contributed by atoms with E-state index >= 15 is 0 Å². The third kappa shape index (κ3) is 7.19. The molecule has 2 heterocycles. The molecule has 0 fully saturated rings. The number of rotatable bonds is 11. The zero-order chi connectivity index (χ0) is 35.4. The van der Waals surface area contributed by atoms with E-state index in [-0.39, 0.29) is 34.4 Å². The Hall–Kier alpha value is -5.65. The number of para-hydroxylation sites is 1. The molecular weight excluding hydrogens is 678 g/mol. The molecule has 0 unspecified atom stereocenters. The molecule has 0 spiro atoms. The summed E-state index contributed by atoms with van der Waals surface area (Å²) < 4.78 is 19.1. The number of carboxylic acid groups (broad SMARTS) is 1. The van der Waals surface area contributed by atoms with Crippen molar-refractivity contribution >= 4 is 46.6 Å². The number of anilines is 1. The lowest BCUT2D eigenvalue weighted by atomic mass is 9.95. The summed E-state index contributed by atoms with van der Waals surface area (Å²) in [7, 11) is 1.48. The molecule has 4 aromatic carbocycles. The number of nitrogens with one attached hydrogen (secondary N) is 1. The van der Waals surface area contributed by atoms with E-state index in [1.165, 1.54) is 30.6 Å². The van der Waals surface area contributed by atoms with Crippen LogP contribution in [0.5, 0.6) is 17.2 Å². The molecule has 0 bridgehead atoms. The van der Waals surface area contributed by atoms with Gasteiger partial charge in [0.1, 0.15) is 12.4 Å². The van der Waals surface area contributed by atoms with Gasteiger partial charge in [-0.25, -0.2) is 9.79 Å². The fourth-order valence-corrected chi connectivity index (χ4v) is 6.94. The molecular formula is C38H32ClN3O7S. The summed E-state index contributed by atoms with van der Waals surface area (Å²) in [6, 6.07) is 25.4. The SMILES string of the molecule is CCOc1ccc([C@@H]2C(C(=O)Nc3ccccc3)=C(C)N=c3s/c(=C/c4cc(Cl)c(OCc5cccc(C(=O)O)c5)c(OC)c4)c(=O)n32)cc1. The van der Waals surface area contributed by atoms with Crippen molar-refractivity contribution in [3.8, 4) is 17.2 Å². The second-order valence-electron chi connectivity index (χ2n) is 11.2. The van der Waals surface area contributed by atoms with Crippen molar-refractivity contribution in [2.75, 3.05) is 19.0 Å². The number of nitrogens with zero attached hydrogens (tertiary/aromatic N) is 2. The Balaban J connectivity index is 1.38. The minimum atomic E-state index is -1.04. The standard InChI is InChI=1S/C38H32ClN3O7S/c1-4-48-28-15-13-25(14-16-28)33-32(35(43)41-27-11-6-5-7-12-27)22(2)40-38-42(33)36(44)31(50-38)20-24-18-29(39)34(30(19-24)47-3)49-21-23-9-8-10-26(17-23)37(45)46/h5-20,33H,4,21H2,1-3H3,(H,41,43)(H,45,46)/b31-20+/t33-/m1/s1.